The molecule has 1 aliphatic rings. The summed E-state index contributed by atoms with van der Waals surface area (Å²) in [7, 11) is -3.53. The van der Waals surface area contributed by atoms with Crippen LogP contribution in [-0.2, 0) is 14.8 Å². The van der Waals surface area contributed by atoms with E-state index < -0.39 is 15.8 Å². The quantitative estimate of drug-likeness (QED) is 0.644. The Morgan fingerprint density at radius 3 is 2.37 bits per heavy atom. The first-order valence-electron chi connectivity index (χ1n) is 9.75. The second-order valence-electron chi connectivity index (χ2n) is 7.26. The first kappa shape index (κ1) is 22.4. The highest BCUT2D eigenvalue weighted by Crippen LogP contribution is 2.22. The largest absolute Gasteiger partial charge is 0.368 e. The number of halogens is 2. The minimum Gasteiger partial charge on any atom is -0.368 e. The summed E-state index contributed by atoms with van der Waals surface area (Å²) in [6.07, 6.45) is 1.75. The Kier molecular flexibility index (Phi) is 7.20. The Morgan fingerprint density at radius 2 is 1.77 bits per heavy atom. The fraction of sp³-hybridized carbons (Fsp3) is 0.381. The van der Waals surface area contributed by atoms with Crippen molar-refractivity contribution in [2.75, 3.05) is 48.2 Å². The van der Waals surface area contributed by atoms with Gasteiger partial charge >= 0.3 is 0 Å². The SMILES string of the molecule is CS(=O)(=O)N(CCCC(=O)N1CCN(c2cccc(Cl)c2)CC1)c1ccc(F)cc1. The molecule has 0 N–H and O–H groups in total. The van der Waals surface area contributed by atoms with E-state index in [4.69, 9.17) is 11.6 Å². The van der Waals surface area contributed by atoms with Crippen LogP contribution in [0.15, 0.2) is 48.5 Å². The Morgan fingerprint density at radius 1 is 1.10 bits per heavy atom. The molecule has 0 bridgehead atoms. The molecule has 30 heavy (non-hydrogen) atoms. The third kappa shape index (κ3) is 5.86. The molecule has 0 aliphatic carbocycles. The van der Waals surface area contributed by atoms with Crippen molar-refractivity contribution in [3.05, 3.63) is 59.4 Å². The topological polar surface area (TPSA) is 60.9 Å². The molecule has 3 rings (SSSR count). The molecule has 2 aromatic carbocycles. The van der Waals surface area contributed by atoms with Gasteiger partial charge in [0.1, 0.15) is 5.82 Å². The number of hydrogen-bond acceptors (Lipinski definition) is 4. The van der Waals surface area contributed by atoms with Crippen LogP contribution in [0, 0.1) is 5.82 Å². The van der Waals surface area contributed by atoms with Crippen molar-refractivity contribution >= 4 is 38.9 Å². The predicted octanol–water partition coefficient (Wildman–Crippen LogP) is 3.37. The van der Waals surface area contributed by atoms with Crippen LogP contribution in [0.5, 0.6) is 0 Å². The van der Waals surface area contributed by atoms with Gasteiger partial charge in [0.25, 0.3) is 0 Å². The zero-order chi connectivity index (χ0) is 21.7. The molecule has 2 aromatic rings. The predicted molar refractivity (Wildman–Crippen MR) is 118 cm³/mol. The van der Waals surface area contributed by atoms with Crippen LogP contribution in [0.25, 0.3) is 0 Å². The first-order chi connectivity index (χ1) is 14.2. The third-order valence-corrected chi connectivity index (χ3v) is 6.50. The number of amides is 1. The van der Waals surface area contributed by atoms with Gasteiger partial charge in [-0.15, -0.1) is 0 Å². The van der Waals surface area contributed by atoms with Gasteiger partial charge in [-0.05, 0) is 48.9 Å². The standard InChI is InChI=1S/C21H25ClFN3O3S/c1-30(28,29)26(19-9-7-18(23)8-10-19)11-3-6-21(27)25-14-12-24(13-15-25)20-5-2-4-17(22)16-20/h2,4-5,7-10,16H,3,6,11-15H2,1H3. The van der Waals surface area contributed by atoms with E-state index >= 15 is 0 Å². The van der Waals surface area contributed by atoms with Crippen molar-refractivity contribution in [2.45, 2.75) is 12.8 Å². The van der Waals surface area contributed by atoms with Crippen LogP contribution in [0.2, 0.25) is 5.02 Å². The van der Waals surface area contributed by atoms with Crippen LogP contribution in [0.4, 0.5) is 15.8 Å². The molecule has 1 fully saturated rings. The number of carbonyl (C=O) groups excluding carboxylic acids is 1. The van der Waals surface area contributed by atoms with Gasteiger partial charge in [0, 0.05) is 49.9 Å². The summed E-state index contributed by atoms with van der Waals surface area (Å²) < 4.78 is 38.6. The summed E-state index contributed by atoms with van der Waals surface area (Å²) in [5.74, 6) is -0.424. The Balaban J connectivity index is 1.51. The molecule has 0 unspecified atom stereocenters. The Labute approximate surface area is 181 Å². The van der Waals surface area contributed by atoms with Crippen LogP contribution in [-0.4, -0.2) is 58.2 Å². The van der Waals surface area contributed by atoms with E-state index in [0.717, 1.165) is 25.0 Å². The van der Waals surface area contributed by atoms with Gasteiger partial charge in [-0.25, -0.2) is 12.8 Å². The maximum atomic E-state index is 13.1. The van der Waals surface area contributed by atoms with E-state index in [-0.39, 0.29) is 18.9 Å². The van der Waals surface area contributed by atoms with Crippen molar-refractivity contribution in [2.24, 2.45) is 0 Å². The maximum Gasteiger partial charge on any atom is 0.232 e. The van der Waals surface area contributed by atoms with Gasteiger partial charge in [-0.1, -0.05) is 17.7 Å². The summed E-state index contributed by atoms with van der Waals surface area (Å²) in [6, 6.07) is 12.9. The van der Waals surface area contributed by atoms with Crippen molar-refractivity contribution in [1.82, 2.24) is 4.90 Å². The number of rotatable bonds is 7. The summed E-state index contributed by atoms with van der Waals surface area (Å²) >= 11 is 6.05. The molecule has 1 heterocycles. The van der Waals surface area contributed by atoms with E-state index in [1.54, 1.807) is 0 Å². The second-order valence-corrected chi connectivity index (χ2v) is 9.61. The smallest absolute Gasteiger partial charge is 0.232 e. The molecule has 0 atom stereocenters. The summed E-state index contributed by atoms with van der Waals surface area (Å²) in [4.78, 5) is 16.6. The Hall–Kier alpha value is -2.32. The lowest BCUT2D eigenvalue weighted by molar-refractivity contribution is -0.131. The van der Waals surface area contributed by atoms with Crippen molar-refractivity contribution in [3.8, 4) is 0 Å². The van der Waals surface area contributed by atoms with Gasteiger partial charge in [0.15, 0.2) is 0 Å². The fourth-order valence-electron chi connectivity index (χ4n) is 3.51. The van der Waals surface area contributed by atoms with Crippen LogP contribution in [0.3, 0.4) is 0 Å². The lowest BCUT2D eigenvalue weighted by Gasteiger charge is -2.36. The fourth-order valence-corrected chi connectivity index (χ4v) is 4.66. The van der Waals surface area contributed by atoms with Crippen molar-refractivity contribution in [1.29, 1.82) is 0 Å². The van der Waals surface area contributed by atoms with Gasteiger partial charge in [0.05, 0.1) is 11.9 Å². The Bertz CT molecular complexity index is 977. The lowest BCUT2D eigenvalue weighted by Crippen LogP contribution is -2.48. The number of sulfonamides is 1. The minimum atomic E-state index is -3.53. The van der Waals surface area contributed by atoms with Crippen LogP contribution >= 0.6 is 11.6 Å². The highest BCUT2D eigenvalue weighted by Gasteiger charge is 2.22. The molecule has 6 nitrogen and oxygen atoms in total. The van der Waals surface area contributed by atoms with Gasteiger partial charge < -0.3 is 9.80 Å². The summed E-state index contributed by atoms with van der Waals surface area (Å²) in [6.45, 7) is 2.82. The molecule has 1 saturated heterocycles. The number of piperazine rings is 1. The van der Waals surface area contributed by atoms with Crippen molar-refractivity contribution < 1.29 is 17.6 Å². The highest BCUT2D eigenvalue weighted by atomic mass is 35.5. The number of anilines is 2. The molecule has 0 saturated carbocycles. The molecule has 1 amide bonds. The highest BCUT2D eigenvalue weighted by molar-refractivity contribution is 7.92. The number of nitrogens with zero attached hydrogens (tertiary/aromatic N) is 3. The number of benzene rings is 2. The average Bonchev–Trinajstić information content (AvgIpc) is 2.71. The molecule has 0 aromatic heterocycles. The zero-order valence-electron chi connectivity index (χ0n) is 16.8. The monoisotopic (exact) mass is 453 g/mol. The van der Waals surface area contributed by atoms with E-state index in [9.17, 15) is 17.6 Å². The summed E-state index contributed by atoms with van der Waals surface area (Å²) in [5, 5.41) is 0.683. The van der Waals surface area contributed by atoms with E-state index in [1.165, 1.54) is 28.6 Å². The van der Waals surface area contributed by atoms with E-state index in [0.29, 0.717) is 30.2 Å². The van der Waals surface area contributed by atoms with Crippen molar-refractivity contribution in [3.63, 3.8) is 0 Å². The van der Waals surface area contributed by atoms with E-state index in [2.05, 4.69) is 4.90 Å². The third-order valence-electron chi connectivity index (χ3n) is 5.07. The first-order valence-corrected chi connectivity index (χ1v) is 12.0. The van der Waals surface area contributed by atoms with Crippen LogP contribution in [0.1, 0.15) is 12.8 Å². The van der Waals surface area contributed by atoms with Gasteiger partial charge in [-0.2, -0.15) is 0 Å². The summed E-state index contributed by atoms with van der Waals surface area (Å²) in [5.41, 5.74) is 1.43. The van der Waals surface area contributed by atoms with Gasteiger partial charge in [0.2, 0.25) is 15.9 Å². The molecular formula is C21H25ClFN3O3S. The molecule has 1 aliphatic heterocycles. The molecular weight excluding hydrogens is 429 g/mol. The molecule has 9 heteroatoms. The van der Waals surface area contributed by atoms with Crippen LogP contribution < -0.4 is 9.21 Å². The molecule has 0 radical (unpaired) electrons. The normalized spacial score (nSPS) is 14.6. The van der Waals surface area contributed by atoms with Gasteiger partial charge in [-0.3, -0.25) is 9.10 Å². The molecule has 162 valence electrons. The number of hydrogen-bond donors (Lipinski definition) is 0. The maximum absolute atomic E-state index is 13.1. The lowest BCUT2D eigenvalue weighted by atomic mass is 10.2. The molecule has 0 spiro atoms. The number of carbonyl (C=O) groups is 1. The minimum absolute atomic E-state index is 0.00769. The second kappa shape index (κ2) is 9.66. The van der Waals surface area contributed by atoms with E-state index in [1.807, 2.05) is 29.2 Å². The average molecular weight is 454 g/mol. The zero-order valence-corrected chi connectivity index (χ0v) is 18.4.